The predicted molar refractivity (Wildman–Crippen MR) is 210 cm³/mol. The van der Waals surface area contributed by atoms with Gasteiger partial charge in [0, 0.05) is 12.5 Å². The molecular formula is C46H48N2O6. The predicted octanol–water partition coefficient (Wildman–Crippen LogP) is 8.48. The molecule has 0 aromatic heterocycles. The molecule has 0 radical (unpaired) electrons. The van der Waals surface area contributed by atoms with Gasteiger partial charge in [-0.1, -0.05) is 135 Å². The molecule has 1 aliphatic rings. The van der Waals surface area contributed by atoms with Crippen molar-refractivity contribution in [1.82, 2.24) is 10.2 Å². The molecule has 2 N–H and O–H groups in total. The van der Waals surface area contributed by atoms with Crippen molar-refractivity contribution in [2.75, 3.05) is 13.1 Å². The van der Waals surface area contributed by atoms with Crippen LogP contribution in [0.3, 0.4) is 0 Å². The lowest BCUT2D eigenvalue weighted by Crippen LogP contribution is -2.54. The summed E-state index contributed by atoms with van der Waals surface area (Å²) in [5, 5.41) is 13.6. The molecule has 0 aliphatic heterocycles. The number of carbonyl (C=O) groups excluding carboxylic acids is 2. The number of ether oxygens (including phenoxy) is 2. The summed E-state index contributed by atoms with van der Waals surface area (Å²) in [6.07, 6.45) is 2.25. The molecule has 0 fully saturated rings. The number of carboxylic acids is 1. The molecule has 8 heteroatoms. The molecule has 0 heterocycles. The minimum atomic E-state index is -1.28. The molecule has 0 saturated carbocycles. The van der Waals surface area contributed by atoms with Crippen LogP contribution in [0.5, 0.6) is 5.75 Å². The van der Waals surface area contributed by atoms with E-state index in [1.807, 2.05) is 141 Å². The molecule has 5 aromatic carbocycles. The molecule has 1 unspecified atom stereocenters. The Bertz CT molecular complexity index is 1980. The van der Waals surface area contributed by atoms with Gasteiger partial charge in [-0.2, -0.15) is 0 Å². The van der Waals surface area contributed by atoms with Gasteiger partial charge in [0.1, 0.15) is 11.8 Å². The number of rotatable bonds is 16. The van der Waals surface area contributed by atoms with Crippen LogP contribution >= 0.6 is 0 Å². The molecule has 278 valence electrons. The third-order valence-corrected chi connectivity index (χ3v) is 9.80. The molecule has 5 aromatic rings. The van der Waals surface area contributed by atoms with Crippen molar-refractivity contribution in [3.8, 4) is 16.9 Å². The zero-order valence-corrected chi connectivity index (χ0v) is 30.9. The summed E-state index contributed by atoms with van der Waals surface area (Å²) in [4.78, 5) is 42.7. The van der Waals surface area contributed by atoms with Crippen molar-refractivity contribution in [2.24, 2.45) is 5.92 Å². The maximum atomic E-state index is 14.3. The van der Waals surface area contributed by atoms with E-state index in [0.717, 1.165) is 47.1 Å². The Morgan fingerprint density at radius 3 is 1.98 bits per heavy atom. The molecule has 2 amide bonds. The Morgan fingerprint density at radius 1 is 0.722 bits per heavy atom. The van der Waals surface area contributed by atoms with E-state index in [-0.39, 0.29) is 25.6 Å². The summed E-state index contributed by atoms with van der Waals surface area (Å²) >= 11 is 0. The summed E-state index contributed by atoms with van der Waals surface area (Å²) in [6.45, 7) is 4.17. The fraction of sp³-hybridized carbons (Fsp3) is 0.283. The second kappa shape index (κ2) is 18.3. The Kier molecular flexibility index (Phi) is 12.9. The molecule has 0 saturated heterocycles. The quantitative estimate of drug-likeness (QED) is 0.0782. The number of hydrogen-bond acceptors (Lipinski definition) is 5. The van der Waals surface area contributed by atoms with Crippen LogP contribution in [-0.2, 0) is 40.2 Å². The fourth-order valence-corrected chi connectivity index (χ4v) is 7.05. The van der Waals surface area contributed by atoms with Crippen LogP contribution in [-0.4, -0.2) is 53.2 Å². The number of carbonyl (C=O) groups is 3. The number of nitrogens with one attached hydrogen (secondary N) is 1. The highest BCUT2D eigenvalue weighted by Crippen LogP contribution is 2.29. The van der Waals surface area contributed by atoms with E-state index in [9.17, 15) is 19.5 Å². The number of urea groups is 1. The maximum Gasteiger partial charge on any atom is 0.342 e. The first-order valence-corrected chi connectivity index (χ1v) is 18.7. The number of fused-ring (bicyclic) bond motifs is 1. The van der Waals surface area contributed by atoms with E-state index in [0.29, 0.717) is 12.2 Å². The summed E-state index contributed by atoms with van der Waals surface area (Å²) in [6, 6.07) is 40.8. The molecule has 6 rings (SSSR count). The third-order valence-electron chi connectivity index (χ3n) is 9.80. The zero-order chi connectivity index (χ0) is 37.9. The van der Waals surface area contributed by atoms with Crippen molar-refractivity contribution in [3.05, 3.63) is 161 Å². The summed E-state index contributed by atoms with van der Waals surface area (Å²) in [7, 11) is 0. The summed E-state index contributed by atoms with van der Waals surface area (Å²) < 4.78 is 12.1. The van der Waals surface area contributed by atoms with Gasteiger partial charge in [-0.05, 0) is 82.7 Å². The fourth-order valence-electron chi connectivity index (χ4n) is 7.05. The third kappa shape index (κ3) is 10.2. The number of aryl methyl sites for hydroxylation is 2. The SMILES string of the molecule is CC(C)CN(C[C@H](OCc1ccccc1)C(=O)Oc1ccc2c(c1)CCC2)C(=O)N[C@H](C(=O)O)C(Cc1ccccc1)c1ccc(-c2ccccc2)cc1. The van der Waals surface area contributed by atoms with Gasteiger partial charge in [-0.15, -0.1) is 0 Å². The first-order valence-electron chi connectivity index (χ1n) is 18.7. The second-order valence-corrected chi connectivity index (χ2v) is 14.3. The number of benzene rings is 5. The van der Waals surface area contributed by atoms with Crippen molar-refractivity contribution in [1.29, 1.82) is 0 Å². The number of esters is 1. The monoisotopic (exact) mass is 724 g/mol. The summed E-state index contributed by atoms with van der Waals surface area (Å²) in [5.74, 6) is -1.95. The molecule has 1 aliphatic carbocycles. The van der Waals surface area contributed by atoms with Crippen LogP contribution in [0.1, 0.15) is 54.0 Å². The topological polar surface area (TPSA) is 105 Å². The highest BCUT2D eigenvalue weighted by molar-refractivity contribution is 5.84. The van der Waals surface area contributed by atoms with Gasteiger partial charge in [0.25, 0.3) is 0 Å². The molecule has 0 bridgehead atoms. The minimum Gasteiger partial charge on any atom is -0.480 e. The largest absolute Gasteiger partial charge is 0.480 e. The van der Waals surface area contributed by atoms with Gasteiger partial charge < -0.3 is 24.8 Å². The molecule has 0 spiro atoms. The lowest BCUT2D eigenvalue weighted by Gasteiger charge is -2.32. The van der Waals surface area contributed by atoms with Crippen molar-refractivity contribution < 1.29 is 29.0 Å². The Labute approximate surface area is 317 Å². The molecule has 8 nitrogen and oxygen atoms in total. The minimum absolute atomic E-state index is 0.00665. The zero-order valence-electron chi connectivity index (χ0n) is 30.9. The number of nitrogens with zero attached hydrogens (tertiary/aromatic N) is 1. The van der Waals surface area contributed by atoms with Gasteiger partial charge in [-0.3, -0.25) is 0 Å². The van der Waals surface area contributed by atoms with E-state index in [1.54, 1.807) is 6.07 Å². The van der Waals surface area contributed by atoms with Crippen LogP contribution in [0.25, 0.3) is 11.1 Å². The van der Waals surface area contributed by atoms with E-state index in [2.05, 4.69) is 5.32 Å². The smallest absolute Gasteiger partial charge is 0.342 e. The van der Waals surface area contributed by atoms with Gasteiger partial charge in [0.05, 0.1) is 13.2 Å². The van der Waals surface area contributed by atoms with E-state index >= 15 is 0 Å². The van der Waals surface area contributed by atoms with Gasteiger partial charge in [0.2, 0.25) is 0 Å². The van der Waals surface area contributed by atoms with E-state index in [1.165, 1.54) is 16.0 Å². The average molecular weight is 725 g/mol. The van der Waals surface area contributed by atoms with Crippen molar-refractivity contribution >= 4 is 18.0 Å². The Hall–Kier alpha value is -5.73. The normalized spacial score (nSPS) is 13.8. The van der Waals surface area contributed by atoms with Crippen molar-refractivity contribution in [3.63, 3.8) is 0 Å². The average Bonchev–Trinajstić information content (AvgIpc) is 3.66. The Balaban J connectivity index is 1.26. The van der Waals surface area contributed by atoms with Gasteiger partial charge >= 0.3 is 18.0 Å². The lowest BCUT2D eigenvalue weighted by molar-refractivity contribution is -0.149. The molecular weight excluding hydrogens is 677 g/mol. The van der Waals surface area contributed by atoms with Gasteiger partial charge in [0.15, 0.2) is 6.10 Å². The van der Waals surface area contributed by atoms with E-state index in [4.69, 9.17) is 9.47 Å². The Morgan fingerprint density at radius 2 is 1.33 bits per heavy atom. The van der Waals surface area contributed by atoms with Crippen LogP contribution in [0.15, 0.2) is 133 Å². The highest BCUT2D eigenvalue weighted by Gasteiger charge is 2.35. The van der Waals surface area contributed by atoms with Crippen LogP contribution < -0.4 is 10.1 Å². The summed E-state index contributed by atoms with van der Waals surface area (Å²) in [5.41, 5.74) is 7.07. The number of amides is 2. The first kappa shape index (κ1) is 38.0. The van der Waals surface area contributed by atoms with E-state index < -0.39 is 36.0 Å². The van der Waals surface area contributed by atoms with Crippen LogP contribution in [0, 0.1) is 5.92 Å². The van der Waals surface area contributed by atoms with Crippen LogP contribution in [0.4, 0.5) is 4.79 Å². The lowest BCUT2D eigenvalue weighted by atomic mass is 9.85. The second-order valence-electron chi connectivity index (χ2n) is 14.3. The number of carboxylic acid groups (broad SMARTS) is 1. The van der Waals surface area contributed by atoms with Crippen LogP contribution in [0.2, 0.25) is 0 Å². The van der Waals surface area contributed by atoms with Gasteiger partial charge in [-0.25, -0.2) is 14.4 Å². The van der Waals surface area contributed by atoms with Crippen molar-refractivity contribution in [2.45, 2.75) is 64.2 Å². The maximum absolute atomic E-state index is 14.3. The molecule has 3 atom stereocenters. The number of hydrogen-bond donors (Lipinski definition) is 2. The standard InChI is InChI=1S/C46H48N2O6/c1-32(2)29-48(30-42(53-31-34-15-8-4-9-16-34)45(51)54-40-26-25-36-19-12-20-39(36)28-40)46(52)47-43(44(49)50)41(27-33-13-6-3-7-14-33)38-23-21-37(22-24-38)35-17-10-5-11-18-35/h3-11,13-18,21-26,28,32,41-43H,12,19-20,27,29-31H2,1-2H3,(H,47,52)(H,49,50)/t41?,42-,43-/m0/s1. The highest BCUT2D eigenvalue weighted by atomic mass is 16.6. The number of aliphatic carboxylic acids is 1. The molecule has 54 heavy (non-hydrogen) atoms. The first-order chi connectivity index (χ1) is 26.2.